The first kappa shape index (κ1) is 19.2. The van der Waals surface area contributed by atoms with Crippen LogP contribution in [-0.4, -0.2) is 52.3 Å². The van der Waals surface area contributed by atoms with E-state index in [9.17, 15) is 9.59 Å². The normalized spacial score (nSPS) is 22.3. The molecule has 0 atom stereocenters. The summed E-state index contributed by atoms with van der Waals surface area (Å²) in [6, 6.07) is 8.14. The maximum Gasteiger partial charge on any atom is 0.317 e. The highest BCUT2D eigenvalue weighted by molar-refractivity contribution is 8.00. The van der Waals surface area contributed by atoms with Crippen LogP contribution in [0.15, 0.2) is 29.2 Å². The van der Waals surface area contributed by atoms with Crippen LogP contribution in [0.4, 0.5) is 0 Å². The molecule has 0 aliphatic heterocycles. The second-order valence-corrected chi connectivity index (χ2v) is 9.34. The Labute approximate surface area is 159 Å². The van der Waals surface area contributed by atoms with Crippen molar-refractivity contribution in [3.05, 3.63) is 29.8 Å². The molecule has 2 saturated carbocycles. The number of nitrogens with one attached hydrogen (secondary N) is 1. The first-order valence-electron chi connectivity index (χ1n) is 9.44. The maximum absolute atomic E-state index is 12.7. The van der Waals surface area contributed by atoms with Crippen molar-refractivity contribution in [1.82, 2.24) is 10.2 Å². The minimum Gasteiger partial charge on any atom is -0.480 e. The van der Waals surface area contributed by atoms with Crippen LogP contribution in [0.3, 0.4) is 0 Å². The summed E-state index contributed by atoms with van der Waals surface area (Å²) in [5.74, 6) is -0.120. The van der Waals surface area contributed by atoms with Crippen LogP contribution in [0.1, 0.15) is 49.9 Å². The summed E-state index contributed by atoms with van der Waals surface area (Å²) in [6.07, 6.45) is 4.11. The molecule has 6 heteroatoms. The van der Waals surface area contributed by atoms with Gasteiger partial charge >= 0.3 is 5.97 Å². The number of carboxylic acid groups (broad SMARTS) is 1. The van der Waals surface area contributed by atoms with Gasteiger partial charge in [0.15, 0.2) is 0 Å². The topological polar surface area (TPSA) is 69.6 Å². The molecule has 5 nitrogen and oxygen atoms in total. The number of hydrogen-bond donors (Lipinski definition) is 2. The minimum atomic E-state index is -0.766. The van der Waals surface area contributed by atoms with Crippen molar-refractivity contribution in [2.24, 2.45) is 5.92 Å². The van der Waals surface area contributed by atoms with Crippen LogP contribution in [0, 0.1) is 5.92 Å². The molecule has 2 aliphatic rings. The smallest absolute Gasteiger partial charge is 0.317 e. The van der Waals surface area contributed by atoms with Gasteiger partial charge in [-0.25, -0.2) is 0 Å². The molecule has 2 aliphatic carbocycles. The molecule has 26 heavy (non-hydrogen) atoms. The van der Waals surface area contributed by atoms with Crippen LogP contribution in [0.2, 0.25) is 0 Å². The van der Waals surface area contributed by atoms with Crippen molar-refractivity contribution < 1.29 is 14.7 Å². The van der Waals surface area contributed by atoms with E-state index in [1.54, 1.807) is 11.8 Å². The third-order valence-electron chi connectivity index (χ3n) is 4.99. The van der Waals surface area contributed by atoms with Gasteiger partial charge in [0.05, 0.1) is 12.1 Å². The van der Waals surface area contributed by atoms with Crippen molar-refractivity contribution >= 4 is 23.6 Å². The molecule has 2 fully saturated rings. The van der Waals surface area contributed by atoms with Gasteiger partial charge in [0.1, 0.15) is 0 Å². The summed E-state index contributed by atoms with van der Waals surface area (Å²) in [5, 5.41) is 12.7. The maximum atomic E-state index is 12.7. The molecular formula is C20H28N2O3S. The zero-order valence-corrected chi connectivity index (χ0v) is 16.3. The molecule has 0 unspecified atom stereocenters. The molecule has 0 aromatic heterocycles. The summed E-state index contributed by atoms with van der Waals surface area (Å²) >= 11 is 1.70. The van der Waals surface area contributed by atoms with E-state index in [2.05, 4.69) is 24.1 Å². The molecule has 0 saturated heterocycles. The highest BCUT2D eigenvalue weighted by Gasteiger charge is 2.37. The Balaban J connectivity index is 1.53. The van der Waals surface area contributed by atoms with Gasteiger partial charge in [-0.2, -0.15) is 0 Å². The molecule has 0 radical (unpaired) electrons. The van der Waals surface area contributed by atoms with Gasteiger partial charge < -0.3 is 10.4 Å². The molecule has 142 valence electrons. The number of thioether (sulfide) groups is 1. The van der Waals surface area contributed by atoms with Gasteiger partial charge in [-0.1, -0.05) is 26.0 Å². The van der Waals surface area contributed by atoms with Crippen molar-refractivity contribution in [3.8, 4) is 0 Å². The summed E-state index contributed by atoms with van der Waals surface area (Å²) in [5.41, 5.74) is 0.732. The number of nitrogens with zero attached hydrogens (tertiary/aromatic N) is 1. The SMILES string of the molecule is CC(C)Sc1ccccc1C(=O)NC1CC(N(CC(=O)O)CC2CC2)C1. The first-order chi connectivity index (χ1) is 12.4. The Hall–Kier alpha value is -1.53. The highest BCUT2D eigenvalue weighted by Crippen LogP contribution is 2.34. The van der Waals surface area contributed by atoms with Gasteiger partial charge in [0.25, 0.3) is 5.91 Å². The Kier molecular flexibility index (Phi) is 6.24. The van der Waals surface area contributed by atoms with E-state index >= 15 is 0 Å². The summed E-state index contributed by atoms with van der Waals surface area (Å²) in [4.78, 5) is 26.9. The zero-order chi connectivity index (χ0) is 18.7. The molecule has 2 N–H and O–H groups in total. The average molecular weight is 377 g/mol. The van der Waals surface area contributed by atoms with Crippen LogP contribution in [0.5, 0.6) is 0 Å². The number of carboxylic acids is 1. The van der Waals surface area contributed by atoms with Gasteiger partial charge in [0, 0.05) is 28.8 Å². The number of hydrogen-bond acceptors (Lipinski definition) is 4. The highest BCUT2D eigenvalue weighted by atomic mass is 32.2. The Morgan fingerprint density at radius 1 is 1.27 bits per heavy atom. The van der Waals surface area contributed by atoms with E-state index < -0.39 is 5.97 Å². The number of carbonyl (C=O) groups excluding carboxylic acids is 1. The van der Waals surface area contributed by atoms with Gasteiger partial charge in [-0.15, -0.1) is 11.8 Å². The van der Waals surface area contributed by atoms with Crippen LogP contribution < -0.4 is 5.32 Å². The number of benzene rings is 1. The Morgan fingerprint density at radius 2 is 1.96 bits per heavy atom. The monoisotopic (exact) mass is 376 g/mol. The van der Waals surface area contributed by atoms with Crippen LogP contribution in [0.25, 0.3) is 0 Å². The zero-order valence-electron chi connectivity index (χ0n) is 15.5. The third-order valence-corrected chi connectivity index (χ3v) is 6.07. The standard InChI is InChI=1S/C20H28N2O3S/c1-13(2)26-18-6-4-3-5-17(18)20(25)21-15-9-16(10-15)22(12-19(23)24)11-14-7-8-14/h3-6,13-16H,7-12H2,1-2H3,(H,21,25)(H,23,24). The molecule has 1 amide bonds. The second-order valence-electron chi connectivity index (χ2n) is 7.72. The second kappa shape index (κ2) is 8.44. The summed E-state index contributed by atoms with van der Waals surface area (Å²) in [7, 11) is 0. The number of aliphatic carboxylic acids is 1. The minimum absolute atomic E-state index is 0.0239. The number of amides is 1. The van der Waals surface area contributed by atoms with E-state index in [1.165, 1.54) is 12.8 Å². The predicted octanol–water partition coefficient (Wildman–Crippen LogP) is 3.24. The van der Waals surface area contributed by atoms with Crippen LogP contribution in [-0.2, 0) is 4.79 Å². The number of rotatable bonds is 9. The Bertz CT molecular complexity index is 654. The largest absolute Gasteiger partial charge is 0.480 e. The molecule has 0 heterocycles. The lowest BCUT2D eigenvalue weighted by molar-refractivity contribution is -0.139. The first-order valence-corrected chi connectivity index (χ1v) is 10.3. The van der Waals surface area contributed by atoms with Crippen LogP contribution >= 0.6 is 11.8 Å². The average Bonchev–Trinajstić information content (AvgIpc) is 3.33. The van der Waals surface area contributed by atoms with E-state index in [0.717, 1.165) is 29.8 Å². The quantitative estimate of drug-likeness (QED) is 0.648. The van der Waals surface area contributed by atoms with Crippen molar-refractivity contribution in [2.45, 2.75) is 61.8 Å². The molecule has 0 spiro atoms. The van der Waals surface area contributed by atoms with E-state index in [1.807, 2.05) is 24.3 Å². The molecular weight excluding hydrogens is 348 g/mol. The molecule has 3 rings (SSSR count). The van der Waals surface area contributed by atoms with Crippen molar-refractivity contribution in [2.75, 3.05) is 13.1 Å². The lowest BCUT2D eigenvalue weighted by atomic mass is 9.85. The number of carbonyl (C=O) groups is 2. The predicted molar refractivity (Wildman–Crippen MR) is 104 cm³/mol. The van der Waals surface area contributed by atoms with E-state index in [0.29, 0.717) is 11.2 Å². The van der Waals surface area contributed by atoms with Gasteiger partial charge in [-0.05, 0) is 43.7 Å². The molecule has 0 bridgehead atoms. The summed E-state index contributed by atoms with van der Waals surface area (Å²) < 4.78 is 0. The fourth-order valence-electron chi connectivity index (χ4n) is 3.43. The van der Waals surface area contributed by atoms with Crippen molar-refractivity contribution in [3.63, 3.8) is 0 Å². The molecule has 1 aromatic carbocycles. The fraction of sp³-hybridized carbons (Fsp3) is 0.600. The van der Waals surface area contributed by atoms with E-state index in [4.69, 9.17) is 5.11 Å². The lowest BCUT2D eigenvalue weighted by Gasteiger charge is -2.42. The third kappa shape index (κ3) is 5.24. The Morgan fingerprint density at radius 3 is 2.58 bits per heavy atom. The summed E-state index contributed by atoms with van der Waals surface area (Å²) in [6.45, 7) is 5.22. The van der Waals surface area contributed by atoms with Gasteiger partial charge in [0.2, 0.25) is 0 Å². The fourth-order valence-corrected chi connectivity index (χ4v) is 4.38. The van der Waals surface area contributed by atoms with Gasteiger partial charge in [-0.3, -0.25) is 14.5 Å². The lowest BCUT2D eigenvalue weighted by Crippen LogP contribution is -2.55. The molecule has 1 aromatic rings. The van der Waals surface area contributed by atoms with E-state index in [-0.39, 0.29) is 24.5 Å². The van der Waals surface area contributed by atoms with Crippen molar-refractivity contribution in [1.29, 1.82) is 0 Å².